The summed E-state index contributed by atoms with van der Waals surface area (Å²) in [6.07, 6.45) is 0.308. The van der Waals surface area contributed by atoms with Gasteiger partial charge in [-0.15, -0.1) is 0 Å². The number of carbonyl (C=O) groups excluding carboxylic acids is 1. The molecule has 1 unspecified atom stereocenters. The molecule has 1 aromatic rings. The van der Waals surface area contributed by atoms with Gasteiger partial charge in [-0.25, -0.2) is 4.39 Å². The molecular formula is C17H26FNO4. The summed E-state index contributed by atoms with van der Waals surface area (Å²) in [5, 5.41) is 10.0. The van der Waals surface area contributed by atoms with E-state index in [-0.39, 0.29) is 18.4 Å². The topological polar surface area (TPSA) is 59.0 Å². The lowest BCUT2D eigenvalue weighted by atomic mass is 10.2. The summed E-state index contributed by atoms with van der Waals surface area (Å²) < 4.78 is 23.0. The molecular weight excluding hydrogens is 301 g/mol. The molecule has 1 rings (SSSR count). The fourth-order valence-electron chi connectivity index (χ4n) is 2.12. The molecule has 0 saturated carbocycles. The first-order chi connectivity index (χ1) is 11.0. The SMILES string of the molecule is CCCC(=O)OCC(O)CN(CCOC)Cc1ccc(F)cc1. The van der Waals surface area contributed by atoms with Crippen molar-refractivity contribution >= 4 is 5.97 Å². The fourth-order valence-corrected chi connectivity index (χ4v) is 2.12. The van der Waals surface area contributed by atoms with Crippen molar-refractivity contribution in [3.8, 4) is 0 Å². The maximum atomic E-state index is 13.0. The van der Waals surface area contributed by atoms with Gasteiger partial charge >= 0.3 is 5.97 Å². The number of carbonyl (C=O) groups is 1. The third-order valence-corrected chi connectivity index (χ3v) is 3.29. The standard InChI is InChI=1S/C17H26FNO4/c1-3-4-17(21)23-13-16(20)12-19(9-10-22-2)11-14-5-7-15(18)8-6-14/h5-8,16,20H,3-4,9-13H2,1-2H3. The number of aliphatic hydroxyl groups excluding tert-OH is 1. The molecule has 23 heavy (non-hydrogen) atoms. The first-order valence-corrected chi connectivity index (χ1v) is 7.84. The minimum atomic E-state index is -0.770. The molecule has 0 aliphatic heterocycles. The number of ether oxygens (including phenoxy) is 2. The molecule has 0 bridgehead atoms. The minimum absolute atomic E-state index is 0.0221. The van der Waals surface area contributed by atoms with Gasteiger partial charge in [0.05, 0.1) is 6.61 Å². The first-order valence-electron chi connectivity index (χ1n) is 7.84. The second kappa shape index (κ2) is 11.1. The molecule has 0 aliphatic rings. The molecule has 1 N–H and O–H groups in total. The average Bonchev–Trinajstić information content (AvgIpc) is 2.53. The van der Waals surface area contributed by atoms with E-state index in [2.05, 4.69) is 0 Å². The number of benzene rings is 1. The Bertz CT molecular complexity index is 452. The van der Waals surface area contributed by atoms with Crippen LogP contribution in [0.5, 0.6) is 0 Å². The molecule has 0 aliphatic carbocycles. The summed E-state index contributed by atoms with van der Waals surface area (Å²) in [5.41, 5.74) is 0.942. The van der Waals surface area contributed by atoms with Crippen LogP contribution in [-0.2, 0) is 20.8 Å². The Morgan fingerprint density at radius 3 is 2.65 bits per heavy atom. The molecule has 5 nitrogen and oxygen atoms in total. The Labute approximate surface area is 137 Å². The van der Waals surface area contributed by atoms with Crippen molar-refractivity contribution in [3.05, 3.63) is 35.6 Å². The summed E-state index contributed by atoms with van der Waals surface area (Å²) in [6, 6.07) is 6.24. The van der Waals surface area contributed by atoms with Crippen LogP contribution in [0.4, 0.5) is 4.39 Å². The van der Waals surface area contributed by atoms with Crippen molar-refractivity contribution in [2.24, 2.45) is 0 Å². The van der Waals surface area contributed by atoms with E-state index < -0.39 is 6.10 Å². The number of methoxy groups -OCH3 is 1. The highest BCUT2D eigenvalue weighted by atomic mass is 19.1. The highest BCUT2D eigenvalue weighted by molar-refractivity contribution is 5.69. The van der Waals surface area contributed by atoms with E-state index in [1.807, 2.05) is 11.8 Å². The number of rotatable bonds is 11. The second-order valence-corrected chi connectivity index (χ2v) is 5.44. The van der Waals surface area contributed by atoms with E-state index in [4.69, 9.17) is 9.47 Å². The van der Waals surface area contributed by atoms with Gasteiger partial charge in [0, 0.05) is 33.2 Å². The van der Waals surface area contributed by atoms with Crippen LogP contribution in [0.2, 0.25) is 0 Å². The fraction of sp³-hybridized carbons (Fsp3) is 0.588. The van der Waals surface area contributed by atoms with Crippen LogP contribution < -0.4 is 0 Å². The number of nitrogens with zero attached hydrogens (tertiary/aromatic N) is 1. The number of aliphatic hydroxyl groups is 1. The van der Waals surface area contributed by atoms with Crippen LogP contribution in [0.25, 0.3) is 0 Å². The lowest BCUT2D eigenvalue weighted by molar-refractivity contribution is -0.147. The van der Waals surface area contributed by atoms with Crippen LogP contribution in [0.15, 0.2) is 24.3 Å². The van der Waals surface area contributed by atoms with E-state index in [0.29, 0.717) is 32.7 Å². The Hall–Kier alpha value is -1.50. The highest BCUT2D eigenvalue weighted by Crippen LogP contribution is 2.08. The maximum Gasteiger partial charge on any atom is 0.305 e. The molecule has 1 atom stereocenters. The van der Waals surface area contributed by atoms with Crippen molar-refractivity contribution in [2.75, 3.05) is 33.4 Å². The zero-order valence-corrected chi connectivity index (χ0v) is 13.8. The normalized spacial score (nSPS) is 12.4. The predicted octanol–water partition coefficient (Wildman–Crippen LogP) is 1.98. The third-order valence-electron chi connectivity index (χ3n) is 3.29. The van der Waals surface area contributed by atoms with Gasteiger partial charge in [0.1, 0.15) is 18.5 Å². The third kappa shape index (κ3) is 8.64. The van der Waals surface area contributed by atoms with Gasteiger partial charge in [0.15, 0.2) is 0 Å². The number of halogens is 1. The molecule has 130 valence electrons. The van der Waals surface area contributed by atoms with Crippen molar-refractivity contribution in [1.29, 1.82) is 0 Å². The maximum absolute atomic E-state index is 13.0. The van der Waals surface area contributed by atoms with Crippen LogP contribution in [0.1, 0.15) is 25.3 Å². The van der Waals surface area contributed by atoms with Gasteiger partial charge < -0.3 is 14.6 Å². The van der Waals surface area contributed by atoms with Gasteiger partial charge in [0.2, 0.25) is 0 Å². The van der Waals surface area contributed by atoms with Gasteiger partial charge in [0.25, 0.3) is 0 Å². The summed E-state index contributed by atoms with van der Waals surface area (Å²) in [7, 11) is 1.61. The monoisotopic (exact) mass is 327 g/mol. The summed E-state index contributed by atoms with van der Waals surface area (Å²) >= 11 is 0. The number of hydrogen-bond donors (Lipinski definition) is 1. The molecule has 0 aromatic heterocycles. The lowest BCUT2D eigenvalue weighted by Gasteiger charge is -2.24. The average molecular weight is 327 g/mol. The predicted molar refractivity (Wildman–Crippen MR) is 85.4 cm³/mol. The van der Waals surface area contributed by atoms with Crippen molar-refractivity contribution in [2.45, 2.75) is 32.4 Å². The van der Waals surface area contributed by atoms with Crippen LogP contribution in [0.3, 0.4) is 0 Å². The van der Waals surface area contributed by atoms with Crippen molar-refractivity contribution in [1.82, 2.24) is 4.90 Å². The molecule has 0 radical (unpaired) electrons. The molecule has 0 fully saturated rings. The van der Waals surface area contributed by atoms with Crippen LogP contribution >= 0.6 is 0 Å². The van der Waals surface area contributed by atoms with Gasteiger partial charge in [-0.05, 0) is 24.1 Å². The van der Waals surface area contributed by atoms with E-state index in [1.54, 1.807) is 19.2 Å². The van der Waals surface area contributed by atoms with Crippen LogP contribution in [0, 0.1) is 5.82 Å². The lowest BCUT2D eigenvalue weighted by Crippen LogP contribution is -2.37. The number of esters is 1. The van der Waals surface area contributed by atoms with Crippen LogP contribution in [-0.4, -0.2) is 55.5 Å². The van der Waals surface area contributed by atoms with Crippen molar-refractivity contribution in [3.63, 3.8) is 0 Å². The zero-order chi connectivity index (χ0) is 17.1. The molecule has 0 saturated heterocycles. The van der Waals surface area contributed by atoms with E-state index in [9.17, 15) is 14.3 Å². The number of hydrogen-bond acceptors (Lipinski definition) is 5. The van der Waals surface area contributed by atoms with E-state index in [0.717, 1.165) is 12.0 Å². The van der Waals surface area contributed by atoms with Gasteiger partial charge in [-0.1, -0.05) is 19.1 Å². The quantitative estimate of drug-likeness (QED) is 0.630. The van der Waals surface area contributed by atoms with Gasteiger partial charge in [-0.3, -0.25) is 9.69 Å². The Balaban J connectivity index is 2.49. The van der Waals surface area contributed by atoms with E-state index >= 15 is 0 Å². The molecule has 6 heteroatoms. The Kier molecular flexibility index (Phi) is 9.43. The minimum Gasteiger partial charge on any atom is -0.463 e. The highest BCUT2D eigenvalue weighted by Gasteiger charge is 2.14. The zero-order valence-electron chi connectivity index (χ0n) is 13.8. The molecule has 0 amide bonds. The molecule has 0 heterocycles. The Morgan fingerprint density at radius 1 is 1.35 bits per heavy atom. The van der Waals surface area contributed by atoms with E-state index in [1.165, 1.54) is 12.1 Å². The largest absolute Gasteiger partial charge is 0.463 e. The van der Waals surface area contributed by atoms with Gasteiger partial charge in [-0.2, -0.15) is 0 Å². The Morgan fingerprint density at radius 2 is 2.04 bits per heavy atom. The first kappa shape index (κ1) is 19.5. The second-order valence-electron chi connectivity index (χ2n) is 5.44. The smallest absolute Gasteiger partial charge is 0.305 e. The molecule has 1 aromatic carbocycles. The summed E-state index contributed by atoms with van der Waals surface area (Å²) in [5.74, 6) is -0.575. The summed E-state index contributed by atoms with van der Waals surface area (Å²) in [6.45, 7) is 3.92. The summed E-state index contributed by atoms with van der Waals surface area (Å²) in [4.78, 5) is 13.3. The van der Waals surface area contributed by atoms with Crippen molar-refractivity contribution < 1.29 is 23.8 Å². The molecule has 0 spiro atoms.